The van der Waals surface area contributed by atoms with Crippen LogP contribution in [0.1, 0.15) is 60.8 Å². The summed E-state index contributed by atoms with van der Waals surface area (Å²) in [5.74, 6) is 3.06. The predicted octanol–water partition coefficient (Wildman–Crippen LogP) is 9.00. The molecule has 0 aliphatic carbocycles. The molecular weight excluding hydrogens is 884 g/mol. The van der Waals surface area contributed by atoms with E-state index in [1.807, 2.05) is 79.6 Å². The second kappa shape index (κ2) is 31.6. The van der Waals surface area contributed by atoms with Gasteiger partial charge in [-0.2, -0.15) is 0 Å². The standard InChI is InChI=1S/C16H22BrN4O.C11H12N4O.C5H10Br2.3CH4.BrH/c1-20-12-13-21(11-5-3-4-10-17)16(20)19-18-14-6-8-15(22-2)9-7-14;1-15-8-7-12-11(15)14-13-9-3-5-10(16-2)6-4-9;6-4-2-1-3-5-7;;;;/h6-9,12-13H,3-5,10-11H2,1-2H3;3-8H,1-2H3;1-5H2;3*1H4;1H/q+1;;;;;;/p-1. The maximum Gasteiger partial charge on any atom is 0.421 e. The van der Waals surface area contributed by atoms with E-state index in [0.717, 1.165) is 57.8 Å². The predicted molar refractivity (Wildman–Crippen MR) is 212 cm³/mol. The van der Waals surface area contributed by atoms with Gasteiger partial charge in [-0.1, -0.05) is 81.6 Å². The Kier molecular flexibility index (Phi) is 32.8. The summed E-state index contributed by atoms with van der Waals surface area (Å²) >= 11 is 10.2. The Morgan fingerprint density at radius 1 is 0.673 bits per heavy atom. The molecule has 0 fully saturated rings. The number of aromatic nitrogens is 4. The molecule has 2 aromatic carbocycles. The first-order valence-corrected chi connectivity index (χ1v) is 18.1. The van der Waals surface area contributed by atoms with E-state index in [1.165, 1.54) is 32.1 Å². The molecule has 0 atom stereocenters. The number of hydrogen-bond acceptors (Lipinski definition) is 7. The molecule has 0 aliphatic rings. The Hall–Kier alpha value is -2.42. The highest BCUT2D eigenvalue weighted by atomic mass is 79.9. The van der Waals surface area contributed by atoms with Crippen molar-refractivity contribution in [2.75, 3.05) is 30.2 Å². The van der Waals surface area contributed by atoms with E-state index >= 15 is 0 Å². The first kappa shape index (κ1) is 51.0. The number of azo groups is 2. The van der Waals surface area contributed by atoms with Crippen LogP contribution in [-0.2, 0) is 20.6 Å². The van der Waals surface area contributed by atoms with Gasteiger partial charge in [0.2, 0.25) is 5.95 Å². The lowest BCUT2D eigenvalue weighted by Gasteiger charge is -1.99. The molecule has 0 N–H and O–H groups in total. The van der Waals surface area contributed by atoms with E-state index in [-0.39, 0.29) is 39.3 Å². The Bertz CT molecular complexity index is 1390. The van der Waals surface area contributed by atoms with E-state index in [1.54, 1.807) is 25.0 Å². The van der Waals surface area contributed by atoms with Crippen molar-refractivity contribution in [2.24, 2.45) is 34.6 Å². The molecule has 276 valence electrons. The van der Waals surface area contributed by atoms with Gasteiger partial charge in [0.15, 0.2) is 0 Å². The Morgan fingerprint density at radius 3 is 1.57 bits per heavy atom. The summed E-state index contributed by atoms with van der Waals surface area (Å²) in [5, 5.41) is 20.2. The molecule has 0 bridgehead atoms. The van der Waals surface area contributed by atoms with Crippen LogP contribution in [0.2, 0.25) is 0 Å². The Morgan fingerprint density at radius 2 is 1.14 bits per heavy atom. The van der Waals surface area contributed by atoms with E-state index < -0.39 is 0 Å². The molecule has 0 radical (unpaired) electrons. The molecule has 0 unspecified atom stereocenters. The zero-order valence-electron chi connectivity index (χ0n) is 26.9. The summed E-state index contributed by atoms with van der Waals surface area (Å²) in [7, 11) is 7.14. The zero-order valence-corrected chi connectivity index (χ0v) is 33.2. The number of halogens is 4. The summed E-state index contributed by atoms with van der Waals surface area (Å²) in [4.78, 5) is 4.04. The molecule has 0 aliphatic heterocycles. The van der Waals surface area contributed by atoms with E-state index in [0.29, 0.717) is 5.95 Å². The summed E-state index contributed by atoms with van der Waals surface area (Å²) in [6.45, 7) is 0.963. The van der Waals surface area contributed by atoms with Crippen LogP contribution in [0, 0.1) is 0 Å². The summed E-state index contributed by atoms with van der Waals surface area (Å²) in [6, 6.07) is 14.9. The number of rotatable bonds is 15. The average Bonchev–Trinajstić information content (AvgIpc) is 3.65. The van der Waals surface area contributed by atoms with Crippen molar-refractivity contribution >= 4 is 71.1 Å². The van der Waals surface area contributed by atoms with E-state index in [9.17, 15) is 0 Å². The third-order valence-corrected chi connectivity index (χ3v) is 7.98. The molecule has 2 aromatic heterocycles. The molecule has 2 heterocycles. The van der Waals surface area contributed by atoms with Gasteiger partial charge < -0.3 is 31.0 Å². The van der Waals surface area contributed by atoms with E-state index in [2.05, 4.69) is 84.0 Å². The second-order valence-electron chi connectivity index (χ2n) is 9.72. The average molecular weight is 941 g/mol. The first-order chi connectivity index (χ1) is 21.9. The van der Waals surface area contributed by atoms with Crippen LogP contribution in [0.4, 0.5) is 23.3 Å². The minimum Gasteiger partial charge on any atom is -1.00 e. The Labute approximate surface area is 331 Å². The normalized spacial score (nSPS) is 9.94. The maximum absolute atomic E-state index is 5.14. The van der Waals surface area contributed by atoms with Gasteiger partial charge in [-0.05, 0) is 80.6 Å². The number of imidazole rings is 2. The largest absolute Gasteiger partial charge is 1.00 e. The third kappa shape index (κ3) is 20.8. The fourth-order valence-corrected chi connectivity index (χ4v) is 4.88. The van der Waals surface area contributed by atoms with Crippen molar-refractivity contribution < 1.29 is 31.0 Å². The van der Waals surface area contributed by atoms with Crippen LogP contribution < -0.4 is 31.0 Å². The van der Waals surface area contributed by atoms with Gasteiger partial charge in [0, 0.05) is 40.5 Å². The van der Waals surface area contributed by atoms with Gasteiger partial charge in [0.05, 0.1) is 45.9 Å². The van der Waals surface area contributed by atoms with Gasteiger partial charge in [0.1, 0.15) is 17.2 Å². The quantitative estimate of drug-likeness (QED) is 0.0516. The van der Waals surface area contributed by atoms with Crippen molar-refractivity contribution in [1.29, 1.82) is 0 Å². The maximum atomic E-state index is 5.14. The minimum atomic E-state index is 0. The highest BCUT2D eigenvalue weighted by molar-refractivity contribution is 9.09. The number of alkyl halides is 3. The summed E-state index contributed by atoms with van der Waals surface area (Å²) in [6.07, 6.45) is 15.1. The lowest BCUT2D eigenvalue weighted by atomic mass is 10.2. The van der Waals surface area contributed by atoms with Crippen LogP contribution in [0.5, 0.6) is 11.5 Å². The van der Waals surface area contributed by atoms with Crippen molar-refractivity contribution in [2.45, 2.75) is 67.3 Å². The van der Waals surface area contributed by atoms with Crippen molar-refractivity contribution in [3.8, 4) is 11.5 Å². The smallest absolute Gasteiger partial charge is 0.421 e. The first-order valence-electron chi connectivity index (χ1n) is 14.8. The molecule has 0 saturated carbocycles. The third-order valence-electron chi connectivity index (χ3n) is 6.29. The zero-order chi connectivity index (χ0) is 32.7. The van der Waals surface area contributed by atoms with Crippen molar-refractivity contribution in [3.05, 3.63) is 73.3 Å². The van der Waals surface area contributed by atoms with Crippen molar-refractivity contribution in [1.82, 2.24) is 14.1 Å². The number of ether oxygens (including phenoxy) is 2. The molecule has 10 nitrogen and oxygen atoms in total. The molecule has 0 saturated heterocycles. The number of nitrogens with zero attached hydrogens (tertiary/aromatic N) is 8. The number of aryl methyl sites for hydroxylation is 3. The molecular formula is C35H56Br4N8O2. The number of methoxy groups -OCH3 is 2. The van der Waals surface area contributed by atoms with Crippen molar-refractivity contribution in [3.63, 3.8) is 0 Å². The molecule has 0 amide bonds. The van der Waals surface area contributed by atoms with Crippen LogP contribution in [-0.4, -0.2) is 44.3 Å². The Balaban J connectivity index is -0.000000695. The number of benzene rings is 2. The molecule has 14 heteroatoms. The number of hydrogen-bond donors (Lipinski definition) is 0. The van der Waals surface area contributed by atoms with Crippen LogP contribution >= 0.6 is 47.8 Å². The highest BCUT2D eigenvalue weighted by Gasteiger charge is 2.14. The summed E-state index contributed by atoms with van der Waals surface area (Å²) < 4.78 is 16.1. The van der Waals surface area contributed by atoms with Crippen LogP contribution in [0.25, 0.3) is 0 Å². The fourth-order valence-electron chi connectivity index (χ4n) is 3.69. The van der Waals surface area contributed by atoms with Gasteiger partial charge >= 0.3 is 5.95 Å². The van der Waals surface area contributed by atoms with Gasteiger partial charge in [0.25, 0.3) is 0 Å². The number of unbranched alkanes of at least 4 members (excludes halogenated alkanes) is 4. The van der Waals surface area contributed by atoms with Gasteiger partial charge in [-0.25, -0.2) is 14.1 Å². The van der Waals surface area contributed by atoms with Crippen LogP contribution in [0.3, 0.4) is 0 Å². The monoisotopic (exact) mass is 936 g/mol. The van der Waals surface area contributed by atoms with Gasteiger partial charge in [-0.3, -0.25) is 0 Å². The highest BCUT2D eigenvalue weighted by Crippen LogP contribution is 2.21. The topological polar surface area (TPSA) is 94.5 Å². The lowest BCUT2D eigenvalue weighted by molar-refractivity contribution is -0.657. The second-order valence-corrected chi connectivity index (χ2v) is 12.1. The van der Waals surface area contributed by atoms with Gasteiger partial charge in [-0.15, -0.1) is 10.2 Å². The molecule has 0 spiro atoms. The molecule has 49 heavy (non-hydrogen) atoms. The van der Waals surface area contributed by atoms with E-state index in [4.69, 9.17) is 9.47 Å². The lowest BCUT2D eigenvalue weighted by Crippen LogP contribution is -3.00. The fraction of sp³-hybridized carbons (Fsp3) is 0.486. The summed E-state index contributed by atoms with van der Waals surface area (Å²) in [5.41, 5.74) is 1.58. The molecule has 4 rings (SSSR count). The van der Waals surface area contributed by atoms with Crippen LogP contribution in [0.15, 0.2) is 93.8 Å². The SMILES string of the molecule is BrCCCCCBr.C.C.C.COc1ccc(N=Nc2n(CCCCCBr)cc[n+]2C)cc1.COc1ccc(N=Nc2nccn2C)cc1.[Br-]. The minimum absolute atomic E-state index is 0. The molecule has 4 aromatic rings.